The van der Waals surface area contributed by atoms with Gasteiger partial charge in [0.05, 0.1) is 46.2 Å². The zero-order valence-electron chi connectivity index (χ0n) is 36.9. The van der Waals surface area contributed by atoms with Crippen molar-refractivity contribution in [3.8, 4) is 23.3 Å². The second kappa shape index (κ2) is 19.0. The van der Waals surface area contributed by atoms with Crippen LogP contribution in [0, 0.1) is 23.0 Å². The third-order valence-electron chi connectivity index (χ3n) is 12.9. The molecule has 9 rings (SSSR count). The molecule has 19 nitrogen and oxygen atoms in total. The van der Waals surface area contributed by atoms with E-state index in [1.54, 1.807) is 35.2 Å². The van der Waals surface area contributed by atoms with Crippen molar-refractivity contribution in [2.24, 2.45) is 0 Å². The molecule has 23 heteroatoms. The molecule has 2 atom stereocenters. The minimum atomic E-state index is -4.27. The van der Waals surface area contributed by atoms with Gasteiger partial charge in [-0.3, -0.25) is 33.8 Å². The number of carbonyl (C=O) groups is 3. The Morgan fingerprint density at radius 3 is 2.39 bits per heavy atom. The molecule has 69 heavy (non-hydrogen) atoms. The maximum atomic E-state index is 15.3. The topological polar surface area (TPSA) is 235 Å². The molecule has 4 aliphatic heterocycles. The number of alkyl halides is 1. The zero-order chi connectivity index (χ0) is 48.6. The lowest BCUT2D eigenvalue weighted by atomic mass is 9.87. The van der Waals surface area contributed by atoms with Crippen LogP contribution in [0.3, 0.4) is 0 Å². The second-order valence-electron chi connectivity index (χ2n) is 17.4. The number of aromatic nitrogens is 3. The smallest absolute Gasteiger partial charge is 0.301 e. The number of benzene rings is 3. The van der Waals surface area contributed by atoms with Crippen molar-refractivity contribution in [3.05, 3.63) is 101 Å². The molecule has 0 bridgehead atoms. The third-order valence-corrected chi connectivity index (χ3v) is 14.3. The number of anilines is 4. The molecule has 1 unspecified atom stereocenters. The number of nitrogens with one attached hydrogen (secondary N) is 3. The van der Waals surface area contributed by atoms with Gasteiger partial charge in [-0.15, -0.1) is 0 Å². The number of piperazine rings is 1. The number of ether oxygens (including phenoxy) is 1. The number of pyridine rings is 1. The standard InChI is InChI=1S/C46H46F3N11O8S/c47-28-11-14-59(26-28)69(66,67)55-37-6-4-34(48)43(33(37)24-50)68-31-3-5-36-32(22-31)45(64)60(27-52-36)30-2-9-40(51-25-30)57-17-19-58(20-18-57)42(62)23-46(65)12-15-56(16-13-46)39-8-1-29(21-35(39)49)53-38-7-10-41(61)54-44(38)63/h1-6,8-9,21-22,25,27-28,38,53,55,65H,7,10-20,23,26H2,(H,54,61,63)/t28-,38?/m1/s1. The van der Waals surface area contributed by atoms with Gasteiger partial charge in [-0.1, -0.05) is 0 Å². The number of imide groups is 1. The Morgan fingerprint density at radius 2 is 1.71 bits per heavy atom. The normalized spacial score (nSPS) is 19.8. The first-order valence-electron chi connectivity index (χ1n) is 22.3. The van der Waals surface area contributed by atoms with Gasteiger partial charge in [0, 0.05) is 64.5 Å². The first-order chi connectivity index (χ1) is 33.1. The number of amides is 3. The van der Waals surface area contributed by atoms with Gasteiger partial charge in [0.25, 0.3) is 5.56 Å². The quantitative estimate of drug-likeness (QED) is 0.131. The van der Waals surface area contributed by atoms with E-state index in [2.05, 4.69) is 25.3 Å². The number of carbonyl (C=O) groups excluding carboxylic acids is 3. The van der Waals surface area contributed by atoms with Gasteiger partial charge in [-0.25, -0.2) is 23.1 Å². The van der Waals surface area contributed by atoms with Gasteiger partial charge < -0.3 is 29.9 Å². The van der Waals surface area contributed by atoms with E-state index in [-0.39, 0.29) is 79.3 Å². The summed E-state index contributed by atoms with van der Waals surface area (Å²) in [4.78, 5) is 65.3. The predicted octanol–water partition coefficient (Wildman–Crippen LogP) is 3.71. The maximum absolute atomic E-state index is 15.3. The van der Waals surface area contributed by atoms with Crippen molar-refractivity contribution >= 4 is 61.7 Å². The predicted molar refractivity (Wildman–Crippen MR) is 246 cm³/mol. The molecule has 0 aliphatic carbocycles. The Balaban J connectivity index is 0.791. The van der Waals surface area contributed by atoms with Crippen LogP contribution in [-0.4, -0.2) is 125 Å². The molecule has 0 radical (unpaired) electrons. The number of fused-ring (bicyclic) bond motifs is 1. The van der Waals surface area contributed by atoms with E-state index in [1.165, 1.54) is 41.4 Å². The molecule has 3 aromatic carbocycles. The van der Waals surface area contributed by atoms with Crippen LogP contribution in [0.25, 0.3) is 16.6 Å². The highest BCUT2D eigenvalue weighted by atomic mass is 32.2. The number of piperidine rings is 2. The number of rotatable bonds is 12. The Kier molecular flexibility index (Phi) is 12.9. The lowest BCUT2D eigenvalue weighted by Crippen LogP contribution is -2.52. The first kappa shape index (κ1) is 46.8. The molecule has 360 valence electrons. The van der Waals surface area contributed by atoms with Gasteiger partial charge >= 0.3 is 10.2 Å². The average Bonchev–Trinajstić information content (AvgIpc) is 3.79. The van der Waals surface area contributed by atoms with Crippen LogP contribution < -0.4 is 35.5 Å². The van der Waals surface area contributed by atoms with Crippen molar-refractivity contribution in [1.82, 2.24) is 29.1 Å². The Hall–Kier alpha value is -7.29. The number of hydrogen-bond donors (Lipinski definition) is 4. The molecule has 5 aromatic rings. The molecule has 4 aliphatic rings. The van der Waals surface area contributed by atoms with Gasteiger partial charge in [0.1, 0.15) is 47.6 Å². The van der Waals surface area contributed by atoms with Crippen LogP contribution in [0.1, 0.15) is 44.1 Å². The maximum Gasteiger partial charge on any atom is 0.301 e. The molecule has 3 amide bonds. The van der Waals surface area contributed by atoms with Crippen LogP contribution >= 0.6 is 0 Å². The molecule has 0 saturated carbocycles. The average molecular weight is 970 g/mol. The molecule has 4 fully saturated rings. The fraction of sp³-hybridized carbons (Fsp3) is 0.370. The summed E-state index contributed by atoms with van der Waals surface area (Å²) >= 11 is 0. The van der Waals surface area contributed by atoms with Crippen LogP contribution in [0.2, 0.25) is 0 Å². The van der Waals surface area contributed by atoms with E-state index in [0.29, 0.717) is 68.6 Å². The molecule has 0 spiro atoms. The van der Waals surface area contributed by atoms with Crippen LogP contribution in [-0.2, 0) is 24.6 Å². The van der Waals surface area contributed by atoms with E-state index >= 15 is 8.78 Å². The van der Waals surface area contributed by atoms with Crippen molar-refractivity contribution in [1.29, 1.82) is 5.26 Å². The second-order valence-corrected chi connectivity index (χ2v) is 19.1. The largest absolute Gasteiger partial charge is 0.453 e. The van der Waals surface area contributed by atoms with Crippen molar-refractivity contribution in [2.45, 2.75) is 56.3 Å². The monoisotopic (exact) mass is 969 g/mol. The molecule has 4 N–H and O–H groups in total. The summed E-state index contributed by atoms with van der Waals surface area (Å²) < 4.78 is 80.1. The summed E-state index contributed by atoms with van der Waals surface area (Å²) in [6, 6.07) is 15.3. The van der Waals surface area contributed by atoms with Gasteiger partial charge in [-0.2, -0.15) is 18.0 Å². The first-order valence-corrected chi connectivity index (χ1v) is 23.7. The summed E-state index contributed by atoms with van der Waals surface area (Å²) in [6.45, 7) is 1.91. The molecular weight excluding hydrogens is 924 g/mol. The summed E-state index contributed by atoms with van der Waals surface area (Å²) in [7, 11) is -4.27. The lowest BCUT2D eigenvalue weighted by molar-refractivity contribution is -0.138. The Labute approximate surface area is 393 Å². The van der Waals surface area contributed by atoms with Crippen LogP contribution in [0.4, 0.5) is 36.1 Å². The van der Waals surface area contributed by atoms with Crippen LogP contribution in [0.15, 0.2) is 78.0 Å². The highest BCUT2D eigenvalue weighted by molar-refractivity contribution is 7.90. The highest BCUT2D eigenvalue weighted by Gasteiger charge is 2.38. The number of aliphatic hydroxyl groups is 1. The van der Waals surface area contributed by atoms with Crippen LogP contribution in [0.5, 0.6) is 11.5 Å². The highest BCUT2D eigenvalue weighted by Crippen LogP contribution is 2.36. The molecule has 2 aromatic heterocycles. The number of hydrogen-bond acceptors (Lipinski definition) is 14. The van der Waals surface area contributed by atoms with Gasteiger partial charge in [0.2, 0.25) is 17.7 Å². The third kappa shape index (κ3) is 9.99. The van der Waals surface area contributed by atoms with E-state index in [4.69, 9.17) is 4.74 Å². The molecule has 6 heterocycles. The molecule has 4 saturated heterocycles. The van der Waals surface area contributed by atoms with E-state index in [1.807, 2.05) is 9.80 Å². The lowest BCUT2D eigenvalue weighted by Gasteiger charge is -2.41. The number of nitrogens with zero attached hydrogens (tertiary/aromatic N) is 8. The van der Waals surface area contributed by atoms with Gasteiger partial charge in [0.15, 0.2) is 11.6 Å². The van der Waals surface area contributed by atoms with Crippen molar-refractivity contribution < 1.29 is 45.8 Å². The summed E-state index contributed by atoms with van der Waals surface area (Å²) in [5, 5.41) is 26.7. The van der Waals surface area contributed by atoms with Crippen molar-refractivity contribution in [3.63, 3.8) is 0 Å². The van der Waals surface area contributed by atoms with Crippen molar-refractivity contribution in [2.75, 3.05) is 72.2 Å². The number of nitriles is 1. The van der Waals surface area contributed by atoms with E-state index in [9.17, 15) is 42.4 Å². The zero-order valence-corrected chi connectivity index (χ0v) is 37.7. The minimum Gasteiger partial charge on any atom is -0.453 e. The SMILES string of the molecule is N#Cc1c(NS(=O)(=O)N2CC[C@@H](F)C2)ccc(F)c1Oc1ccc2ncn(-c3ccc(N4CCN(C(=O)CC5(O)CCN(c6ccc(NC7CCC(=O)NC7=O)cc6F)CC5)CC4)nc3)c(=O)c2c1. The van der Waals surface area contributed by atoms with Gasteiger partial charge in [-0.05, 0) is 86.3 Å². The Morgan fingerprint density at radius 1 is 0.928 bits per heavy atom. The Bertz CT molecular complexity index is 3050. The minimum absolute atomic E-state index is 0.0217. The van der Waals surface area contributed by atoms with E-state index in [0.717, 1.165) is 16.4 Å². The number of halogens is 3. The molecular formula is C46H46F3N11O8S. The summed E-state index contributed by atoms with van der Waals surface area (Å²) in [5.41, 5.74) is -1.09. The fourth-order valence-corrected chi connectivity index (χ4v) is 10.2. The fourth-order valence-electron chi connectivity index (χ4n) is 8.94. The van der Waals surface area contributed by atoms with E-state index < -0.39 is 62.4 Å². The summed E-state index contributed by atoms with van der Waals surface area (Å²) in [5.74, 6) is -2.49. The summed E-state index contributed by atoms with van der Waals surface area (Å²) in [6.07, 6.45) is 2.46.